The van der Waals surface area contributed by atoms with Gasteiger partial charge >= 0.3 is 5.91 Å². The van der Waals surface area contributed by atoms with E-state index in [0.717, 1.165) is 5.56 Å². The number of rotatable bonds is 5. The number of aryl methyl sites for hydroxylation is 1. The number of sulfone groups is 1. The average Bonchev–Trinajstić information content (AvgIpc) is 3.08. The monoisotopic (exact) mass is 420 g/mol. The minimum Gasteiger partial charge on any atom is -0.315 e. The van der Waals surface area contributed by atoms with Crippen molar-refractivity contribution in [3.05, 3.63) is 107 Å². The third kappa shape index (κ3) is 3.33. The van der Waals surface area contributed by atoms with Gasteiger partial charge in [-0.1, -0.05) is 66.2 Å². The average molecular weight is 421 g/mol. The molecule has 0 aromatic heterocycles. The molecule has 0 saturated carbocycles. The number of carbonyl (C=O) groups excluding carboxylic acids is 1. The Labute approximate surface area is 175 Å². The lowest BCUT2D eigenvalue weighted by atomic mass is 10.1. The standard InChI is InChI=1S/C23H21N3O3S/c1-16-12-14-19(15-13-16)30(28,29)22-20(25-24)23(27)26(18-10-6-3-7-11-18)21(22)17-8-4-2-5-9-17/h2-15,21,25H,24H2,1H3/p+1/t21-/m1/s1. The lowest BCUT2D eigenvalue weighted by Gasteiger charge is -2.22. The molecule has 4 N–H and O–H groups in total. The topological polar surface area (TPSA) is 93.7 Å². The maximum atomic E-state index is 13.7. The number of para-hydroxylation sites is 1. The second kappa shape index (κ2) is 7.87. The predicted octanol–water partition coefficient (Wildman–Crippen LogP) is 1.94. The summed E-state index contributed by atoms with van der Waals surface area (Å²) in [6.07, 6.45) is 0. The molecule has 1 aliphatic rings. The Morgan fingerprint density at radius 2 is 1.43 bits per heavy atom. The van der Waals surface area contributed by atoms with Gasteiger partial charge in [-0.05, 0) is 31.2 Å². The minimum absolute atomic E-state index is 0.0242. The highest BCUT2D eigenvalue weighted by molar-refractivity contribution is 7.95. The van der Waals surface area contributed by atoms with Crippen LogP contribution in [0.1, 0.15) is 17.2 Å². The summed E-state index contributed by atoms with van der Waals surface area (Å²) in [5.74, 6) is 5.27. The van der Waals surface area contributed by atoms with Crippen LogP contribution < -0.4 is 16.2 Å². The summed E-state index contributed by atoms with van der Waals surface area (Å²) in [6.45, 7) is 1.88. The van der Waals surface area contributed by atoms with E-state index in [-0.39, 0.29) is 15.5 Å². The van der Waals surface area contributed by atoms with Crippen LogP contribution in [0.3, 0.4) is 0 Å². The summed E-state index contributed by atoms with van der Waals surface area (Å²) < 4.78 is 27.4. The van der Waals surface area contributed by atoms with E-state index in [1.165, 1.54) is 0 Å². The van der Waals surface area contributed by atoms with Crippen LogP contribution in [0.15, 0.2) is 100 Å². The molecule has 3 aromatic rings. The summed E-state index contributed by atoms with van der Waals surface area (Å²) in [5.41, 5.74) is 4.60. The minimum atomic E-state index is -3.99. The third-order valence-corrected chi connectivity index (χ3v) is 7.16. The first kappa shape index (κ1) is 20.0. The maximum absolute atomic E-state index is 13.7. The van der Waals surface area contributed by atoms with Gasteiger partial charge in [-0.15, -0.1) is 0 Å². The van der Waals surface area contributed by atoms with Crippen LogP contribution >= 0.6 is 0 Å². The second-order valence-corrected chi connectivity index (χ2v) is 9.07. The van der Waals surface area contributed by atoms with Crippen LogP contribution in [0.5, 0.6) is 0 Å². The second-order valence-electron chi connectivity index (χ2n) is 7.15. The molecule has 2 atom stereocenters. The zero-order valence-corrected chi connectivity index (χ0v) is 17.2. The fourth-order valence-corrected chi connectivity index (χ4v) is 5.54. The van der Waals surface area contributed by atoms with Crippen LogP contribution in [-0.4, -0.2) is 14.3 Å². The molecule has 0 saturated heterocycles. The van der Waals surface area contributed by atoms with Crippen molar-refractivity contribution < 1.29 is 18.1 Å². The molecular formula is C23H22N3O3S+. The molecule has 0 radical (unpaired) electrons. The number of carbonyl (C=O) groups is 1. The van der Waals surface area contributed by atoms with Crippen molar-refractivity contribution in [2.75, 3.05) is 0 Å². The van der Waals surface area contributed by atoms with Crippen molar-refractivity contribution in [2.24, 2.45) is 5.84 Å². The van der Waals surface area contributed by atoms with Crippen LogP contribution in [0, 0.1) is 6.92 Å². The number of amides is 1. The molecule has 3 aromatic carbocycles. The lowest BCUT2D eigenvalue weighted by molar-refractivity contribution is -0.771. The van der Waals surface area contributed by atoms with Gasteiger partial charge in [-0.3, -0.25) is 5.84 Å². The highest BCUT2D eigenvalue weighted by Crippen LogP contribution is 2.35. The van der Waals surface area contributed by atoms with Crippen LogP contribution in [0.25, 0.3) is 0 Å². The number of nitrogens with one attached hydrogen (secondary N) is 2. The summed E-state index contributed by atoms with van der Waals surface area (Å²) >= 11 is 0. The van der Waals surface area contributed by atoms with Gasteiger partial charge in [0.1, 0.15) is 10.6 Å². The van der Waals surface area contributed by atoms with E-state index in [2.05, 4.69) is 5.43 Å². The SMILES string of the molecule is Cc1ccc(S(=O)(=O)C2=C(NN)C(=O)[NH+](c3ccccc3)[C@@H]2c2ccccc2)cc1. The molecule has 1 heterocycles. The zero-order chi connectivity index (χ0) is 21.3. The van der Waals surface area contributed by atoms with Gasteiger partial charge < -0.3 is 5.43 Å². The molecular weight excluding hydrogens is 398 g/mol. The zero-order valence-electron chi connectivity index (χ0n) is 16.4. The lowest BCUT2D eigenvalue weighted by Crippen LogP contribution is -3.09. The number of hydrogen-bond donors (Lipinski definition) is 3. The number of hydrogen-bond acceptors (Lipinski definition) is 5. The fraction of sp³-hybridized carbons (Fsp3) is 0.0870. The number of nitrogens with two attached hydrogens (primary N) is 1. The molecule has 152 valence electrons. The number of hydrazine groups is 1. The van der Waals surface area contributed by atoms with Gasteiger partial charge in [0.05, 0.1) is 4.90 Å². The molecule has 1 unspecified atom stereocenters. The summed E-state index contributed by atoms with van der Waals surface area (Å²) in [6, 6.07) is 24.1. The van der Waals surface area contributed by atoms with Gasteiger partial charge in [-0.25, -0.2) is 18.1 Å². The summed E-state index contributed by atoms with van der Waals surface area (Å²) in [7, 11) is -3.99. The molecule has 0 aliphatic carbocycles. The van der Waals surface area contributed by atoms with Crippen LogP contribution in [0.4, 0.5) is 5.69 Å². The molecule has 0 fully saturated rings. The van der Waals surface area contributed by atoms with E-state index in [4.69, 9.17) is 5.84 Å². The Morgan fingerprint density at radius 3 is 2.00 bits per heavy atom. The highest BCUT2D eigenvalue weighted by atomic mass is 32.2. The first-order valence-electron chi connectivity index (χ1n) is 9.49. The molecule has 6 nitrogen and oxygen atoms in total. The van der Waals surface area contributed by atoms with Gasteiger partial charge in [0, 0.05) is 5.56 Å². The Balaban J connectivity index is 1.97. The summed E-state index contributed by atoms with van der Waals surface area (Å²) in [5, 5.41) is 0. The van der Waals surface area contributed by atoms with Crippen LogP contribution in [-0.2, 0) is 14.6 Å². The van der Waals surface area contributed by atoms with Crippen molar-refractivity contribution in [3.63, 3.8) is 0 Å². The Kier molecular flexibility index (Phi) is 5.26. The number of quaternary nitrogens is 1. The van der Waals surface area contributed by atoms with Crippen LogP contribution in [0.2, 0.25) is 0 Å². The van der Waals surface area contributed by atoms with E-state index in [9.17, 15) is 13.2 Å². The third-order valence-electron chi connectivity index (χ3n) is 5.25. The Morgan fingerprint density at radius 1 is 0.867 bits per heavy atom. The van der Waals surface area contributed by atoms with Gasteiger partial charge in [-0.2, -0.15) is 0 Å². The predicted molar refractivity (Wildman–Crippen MR) is 114 cm³/mol. The number of benzene rings is 3. The first-order chi connectivity index (χ1) is 14.4. The van der Waals surface area contributed by atoms with Crippen molar-refractivity contribution in [2.45, 2.75) is 17.9 Å². The van der Waals surface area contributed by atoms with Crippen molar-refractivity contribution in [1.29, 1.82) is 0 Å². The van der Waals surface area contributed by atoms with Crippen molar-refractivity contribution in [3.8, 4) is 0 Å². The molecule has 1 aliphatic heterocycles. The normalized spacial score (nSPS) is 19.2. The molecule has 30 heavy (non-hydrogen) atoms. The molecule has 7 heteroatoms. The quantitative estimate of drug-likeness (QED) is 0.433. The highest BCUT2D eigenvalue weighted by Gasteiger charge is 2.52. The Bertz CT molecular complexity index is 1210. The van der Waals surface area contributed by atoms with Crippen molar-refractivity contribution in [1.82, 2.24) is 5.43 Å². The molecule has 1 amide bonds. The maximum Gasteiger partial charge on any atom is 0.368 e. The van der Waals surface area contributed by atoms with Crippen molar-refractivity contribution >= 4 is 21.4 Å². The summed E-state index contributed by atoms with van der Waals surface area (Å²) in [4.78, 5) is 13.9. The van der Waals surface area contributed by atoms with E-state index < -0.39 is 21.8 Å². The largest absolute Gasteiger partial charge is 0.368 e. The smallest absolute Gasteiger partial charge is 0.315 e. The van der Waals surface area contributed by atoms with E-state index in [0.29, 0.717) is 16.2 Å². The fourth-order valence-electron chi connectivity index (χ4n) is 3.80. The first-order valence-corrected chi connectivity index (χ1v) is 11.0. The molecule has 4 rings (SSSR count). The van der Waals surface area contributed by atoms with Gasteiger partial charge in [0.25, 0.3) is 0 Å². The van der Waals surface area contributed by atoms with E-state index in [1.807, 2.05) is 55.5 Å². The molecule has 0 spiro atoms. The Hall–Kier alpha value is -3.26. The molecule has 0 bridgehead atoms. The van der Waals surface area contributed by atoms with Gasteiger partial charge in [0.2, 0.25) is 9.84 Å². The van der Waals surface area contributed by atoms with E-state index >= 15 is 0 Å². The van der Waals surface area contributed by atoms with Gasteiger partial charge in [0.15, 0.2) is 11.7 Å². The van der Waals surface area contributed by atoms with E-state index in [1.54, 1.807) is 36.4 Å².